The number of hydrogen-bond acceptors (Lipinski definition) is 6. The topological polar surface area (TPSA) is 77.3 Å². The molecule has 0 saturated heterocycles. The van der Waals surface area contributed by atoms with Gasteiger partial charge in [0.15, 0.2) is 34.9 Å². The molecule has 6 nitrogen and oxygen atoms in total. The first-order valence-electron chi connectivity index (χ1n) is 15.5. The zero-order valence-electron chi connectivity index (χ0n) is 25.4. The van der Waals surface area contributed by atoms with Crippen LogP contribution in [0.3, 0.4) is 0 Å². The van der Waals surface area contributed by atoms with E-state index in [4.69, 9.17) is 29.9 Å². The van der Waals surface area contributed by atoms with Crippen molar-refractivity contribution in [3.63, 3.8) is 0 Å². The molecule has 0 fully saturated rings. The maximum Gasteiger partial charge on any atom is 0.164 e. The maximum atomic E-state index is 5.02. The van der Waals surface area contributed by atoms with Crippen LogP contribution in [0.1, 0.15) is 12.2 Å². The molecule has 1 aliphatic carbocycles. The van der Waals surface area contributed by atoms with Crippen LogP contribution in [-0.2, 0) is 0 Å². The third-order valence-electron chi connectivity index (χ3n) is 8.03. The quantitative estimate of drug-likeness (QED) is 0.188. The van der Waals surface area contributed by atoms with Crippen molar-refractivity contribution in [3.8, 4) is 56.9 Å². The van der Waals surface area contributed by atoms with Crippen LogP contribution in [0.25, 0.3) is 73.3 Å². The second kappa shape index (κ2) is 12.5. The van der Waals surface area contributed by atoms with E-state index in [0.717, 1.165) is 50.6 Å². The van der Waals surface area contributed by atoms with Crippen LogP contribution >= 0.6 is 0 Å². The largest absolute Gasteiger partial charge is 0.209 e. The van der Waals surface area contributed by atoms with E-state index in [9.17, 15) is 0 Å². The fourth-order valence-corrected chi connectivity index (χ4v) is 5.66. The van der Waals surface area contributed by atoms with Crippen LogP contribution in [0.5, 0.6) is 0 Å². The molecule has 47 heavy (non-hydrogen) atoms. The molecule has 0 atom stereocenters. The molecule has 0 aliphatic heterocycles. The Kier molecular flexibility index (Phi) is 7.50. The second-order valence-electron chi connectivity index (χ2n) is 11.2. The Morgan fingerprint density at radius 2 is 0.915 bits per heavy atom. The normalized spacial score (nSPS) is 12.6. The summed E-state index contributed by atoms with van der Waals surface area (Å²) in [6, 6.07) is 42.6. The van der Waals surface area contributed by atoms with Gasteiger partial charge in [0.2, 0.25) is 0 Å². The fraction of sp³-hybridized carbons (Fsp3) is 0.0244. The second-order valence-corrected chi connectivity index (χ2v) is 11.2. The third kappa shape index (κ3) is 5.88. The molecule has 0 radical (unpaired) electrons. The van der Waals surface area contributed by atoms with E-state index in [1.54, 1.807) is 0 Å². The highest BCUT2D eigenvalue weighted by molar-refractivity contribution is 5.97. The van der Waals surface area contributed by atoms with Crippen molar-refractivity contribution in [1.29, 1.82) is 0 Å². The Hall–Kier alpha value is -6.40. The van der Waals surface area contributed by atoms with Crippen molar-refractivity contribution < 1.29 is 0 Å². The molecule has 0 saturated carbocycles. The van der Waals surface area contributed by atoms with Crippen LogP contribution in [-0.4, -0.2) is 29.9 Å². The molecule has 6 heteroatoms. The minimum absolute atomic E-state index is 0.611. The van der Waals surface area contributed by atoms with Crippen molar-refractivity contribution in [2.24, 2.45) is 0 Å². The first kappa shape index (κ1) is 28.1. The molecule has 8 rings (SSSR count). The molecule has 0 N–H and O–H groups in total. The smallest absolute Gasteiger partial charge is 0.164 e. The van der Waals surface area contributed by atoms with E-state index in [1.807, 2.05) is 115 Å². The van der Waals surface area contributed by atoms with E-state index in [2.05, 4.69) is 42.5 Å². The Labute approximate surface area is 272 Å². The third-order valence-corrected chi connectivity index (χ3v) is 8.03. The number of allylic oxidation sites excluding steroid dienone is 6. The molecule has 2 aromatic heterocycles. The summed E-state index contributed by atoms with van der Waals surface area (Å²) in [6.07, 6.45) is 11.0. The summed E-state index contributed by atoms with van der Waals surface area (Å²) in [5, 5.41) is 2.06. The summed E-state index contributed by atoms with van der Waals surface area (Å²) in [7, 11) is 0. The van der Waals surface area contributed by atoms with Gasteiger partial charge in [0.05, 0.1) is 0 Å². The van der Waals surface area contributed by atoms with Gasteiger partial charge in [-0.15, -0.1) is 0 Å². The predicted molar refractivity (Wildman–Crippen MR) is 189 cm³/mol. The van der Waals surface area contributed by atoms with E-state index in [-0.39, 0.29) is 0 Å². The monoisotopic (exact) mass is 604 g/mol. The Morgan fingerprint density at radius 3 is 1.53 bits per heavy atom. The lowest BCUT2D eigenvalue weighted by Gasteiger charge is -2.12. The number of hydrogen-bond donors (Lipinski definition) is 0. The molecule has 5 aromatic carbocycles. The number of aromatic nitrogens is 6. The van der Waals surface area contributed by atoms with Crippen LogP contribution in [0.15, 0.2) is 158 Å². The predicted octanol–water partition coefficient (Wildman–Crippen LogP) is 9.44. The average Bonchev–Trinajstić information content (AvgIpc) is 3.45. The van der Waals surface area contributed by atoms with E-state index < -0.39 is 0 Å². The Morgan fingerprint density at radius 1 is 0.383 bits per heavy atom. The molecule has 1 aliphatic rings. The van der Waals surface area contributed by atoms with Gasteiger partial charge in [0.1, 0.15) is 0 Å². The summed E-state index contributed by atoms with van der Waals surface area (Å²) in [5.74, 6) is 3.82. The molecule has 0 bridgehead atoms. The van der Waals surface area contributed by atoms with Gasteiger partial charge in [-0.3, -0.25) is 0 Å². The van der Waals surface area contributed by atoms with Crippen molar-refractivity contribution in [2.45, 2.75) is 6.42 Å². The number of benzene rings is 5. The average molecular weight is 605 g/mol. The number of fused-ring (bicyclic) bond motifs is 1. The lowest BCUT2D eigenvalue weighted by atomic mass is 10.0. The number of nitrogens with zero attached hydrogens (tertiary/aromatic N) is 6. The fourth-order valence-electron chi connectivity index (χ4n) is 5.66. The molecular formula is C41H28N6. The molecule has 2 heterocycles. The highest BCUT2D eigenvalue weighted by Gasteiger charge is 2.17. The van der Waals surface area contributed by atoms with Gasteiger partial charge in [-0.2, -0.15) is 0 Å². The minimum atomic E-state index is 0.611. The van der Waals surface area contributed by atoms with Gasteiger partial charge in [0.25, 0.3) is 0 Å². The maximum absolute atomic E-state index is 5.02. The lowest BCUT2D eigenvalue weighted by molar-refractivity contribution is 1.03. The van der Waals surface area contributed by atoms with Gasteiger partial charge in [-0.25, -0.2) is 29.9 Å². The van der Waals surface area contributed by atoms with E-state index in [1.165, 1.54) is 0 Å². The van der Waals surface area contributed by atoms with Gasteiger partial charge < -0.3 is 0 Å². The zero-order chi connectivity index (χ0) is 31.4. The van der Waals surface area contributed by atoms with Crippen molar-refractivity contribution in [1.82, 2.24) is 29.9 Å². The first-order valence-corrected chi connectivity index (χ1v) is 15.5. The summed E-state index contributed by atoms with van der Waals surface area (Å²) in [4.78, 5) is 29.6. The van der Waals surface area contributed by atoms with Crippen molar-refractivity contribution in [3.05, 3.63) is 164 Å². The molecule has 0 spiro atoms. The van der Waals surface area contributed by atoms with Gasteiger partial charge in [-0.05, 0) is 23.3 Å². The van der Waals surface area contributed by atoms with Gasteiger partial charge in [0, 0.05) is 33.4 Å². The summed E-state index contributed by atoms with van der Waals surface area (Å²) < 4.78 is 0. The van der Waals surface area contributed by atoms with Crippen LogP contribution in [0, 0.1) is 0 Å². The highest BCUT2D eigenvalue weighted by atomic mass is 15.0. The van der Waals surface area contributed by atoms with Crippen molar-refractivity contribution in [2.75, 3.05) is 0 Å². The van der Waals surface area contributed by atoms with Crippen LogP contribution in [0.2, 0.25) is 0 Å². The summed E-state index contributed by atoms with van der Waals surface area (Å²) in [6.45, 7) is 0. The van der Waals surface area contributed by atoms with Crippen LogP contribution < -0.4 is 0 Å². The number of rotatable bonds is 6. The first-order chi connectivity index (χ1) is 23.3. The molecule has 0 unspecified atom stereocenters. The zero-order valence-corrected chi connectivity index (χ0v) is 25.4. The SMILES string of the molecule is C1=CC=C(c2nc(-c3ccccc3)nc(-c3cccc4cc(-c5nc(-c6ccccc6)nc(-c6ccccc6)n5)ccc34)n2)CC=C1. The standard InChI is InChI=1S/C41H28N6/c1-2-7-16-30(15-6-1)38-43-39(31-21-12-5-13-22-31)47-41(46-38)35-24-14-23-32-27-33(25-26-34(32)35)40-44-36(28-17-8-3-9-18-28)42-37(45-40)29-19-10-4-11-20-29/h1-15,17-27H,16H2. The highest BCUT2D eigenvalue weighted by Crippen LogP contribution is 2.33. The molecule has 0 amide bonds. The lowest BCUT2D eigenvalue weighted by Crippen LogP contribution is -2.03. The Bertz CT molecular complexity index is 2250. The van der Waals surface area contributed by atoms with Crippen molar-refractivity contribution >= 4 is 16.3 Å². The molecule has 222 valence electrons. The summed E-state index contributed by atoms with van der Waals surface area (Å²) in [5.41, 5.74) is 5.68. The molecular weight excluding hydrogens is 576 g/mol. The van der Waals surface area contributed by atoms with Crippen LogP contribution in [0.4, 0.5) is 0 Å². The summed E-state index contributed by atoms with van der Waals surface area (Å²) >= 11 is 0. The van der Waals surface area contributed by atoms with E-state index in [0.29, 0.717) is 34.9 Å². The molecule has 7 aromatic rings. The van der Waals surface area contributed by atoms with Gasteiger partial charge in [-0.1, -0.05) is 152 Å². The Balaban J connectivity index is 1.26. The minimum Gasteiger partial charge on any atom is -0.209 e. The van der Waals surface area contributed by atoms with Gasteiger partial charge >= 0.3 is 0 Å². The van der Waals surface area contributed by atoms with E-state index >= 15 is 0 Å².